The van der Waals surface area contributed by atoms with E-state index < -0.39 is 10.9 Å². The first-order chi connectivity index (χ1) is 13.6. The molecule has 140 valence electrons. The number of pyridine rings is 1. The molecule has 8 heteroatoms. The van der Waals surface area contributed by atoms with Crippen molar-refractivity contribution in [2.24, 2.45) is 0 Å². The Hall–Kier alpha value is -3.52. The number of hydrogen-bond donors (Lipinski definition) is 2. The van der Waals surface area contributed by atoms with E-state index in [4.69, 9.17) is 0 Å². The Balaban J connectivity index is 1.96. The van der Waals surface area contributed by atoms with Gasteiger partial charge in [0.25, 0.3) is 0 Å². The maximum atomic E-state index is 13.4. The molecule has 2 heterocycles. The van der Waals surface area contributed by atoms with Crippen molar-refractivity contribution in [2.45, 2.75) is 0 Å². The van der Waals surface area contributed by atoms with Gasteiger partial charge in [0.15, 0.2) is 5.82 Å². The summed E-state index contributed by atoms with van der Waals surface area (Å²) in [4.78, 5) is 4.02. The van der Waals surface area contributed by atoms with Crippen LogP contribution in [-0.4, -0.2) is 23.6 Å². The molecule has 6 nitrogen and oxygen atoms in total. The molecule has 0 unspecified atom stereocenters. The summed E-state index contributed by atoms with van der Waals surface area (Å²) in [7, 11) is -3.01. The molecular weight excluding hydrogens is 379 g/mol. The van der Waals surface area contributed by atoms with Crippen molar-refractivity contribution in [2.75, 3.05) is 4.31 Å². The Morgan fingerprint density at radius 1 is 0.857 bits per heavy atom. The Morgan fingerprint density at radius 3 is 2.18 bits per heavy atom. The molecule has 0 atom stereocenters. The molecule has 0 aliphatic rings. The van der Waals surface area contributed by atoms with Crippen LogP contribution in [0.4, 0.5) is 15.9 Å². The maximum Gasteiger partial charge on any atom is 0.230 e. The molecule has 2 aromatic carbocycles. The van der Waals surface area contributed by atoms with Crippen molar-refractivity contribution in [3.8, 4) is 22.4 Å². The van der Waals surface area contributed by atoms with Gasteiger partial charge in [0.2, 0.25) is 10.9 Å². The van der Waals surface area contributed by atoms with Gasteiger partial charge in [0, 0.05) is 18.0 Å². The fourth-order valence-electron chi connectivity index (χ4n) is 2.97. The highest BCUT2D eigenvalue weighted by Crippen LogP contribution is 2.40. The maximum absolute atomic E-state index is 13.4. The largest absolute Gasteiger partial charge is 0.275 e. The summed E-state index contributed by atoms with van der Waals surface area (Å²) in [5.41, 5.74) is 3.04. The molecule has 0 saturated carbocycles. The number of nitrogens with one attached hydrogen (secondary N) is 1. The average Bonchev–Trinajstić information content (AvgIpc) is 3.14. The van der Waals surface area contributed by atoms with Crippen molar-refractivity contribution >= 4 is 22.4 Å². The van der Waals surface area contributed by atoms with Crippen LogP contribution in [0.2, 0.25) is 0 Å². The van der Waals surface area contributed by atoms with Crippen LogP contribution < -0.4 is 4.31 Å². The van der Waals surface area contributed by atoms with Crippen molar-refractivity contribution < 1.29 is 12.8 Å². The number of benzene rings is 2. The van der Waals surface area contributed by atoms with Crippen molar-refractivity contribution in [1.82, 2.24) is 15.2 Å². The van der Waals surface area contributed by atoms with Crippen molar-refractivity contribution in [3.05, 3.63) is 84.9 Å². The molecule has 0 fully saturated rings. The highest BCUT2D eigenvalue weighted by molar-refractivity contribution is 7.74. The van der Waals surface area contributed by atoms with Crippen molar-refractivity contribution in [1.29, 1.82) is 0 Å². The predicted molar refractivity (Wildman–Crippen MR) is 106 cm³/mol. The van der Waals surface area contributed by atoms with E-state index in [1.165, 1.54) is 12.1 Å². The minimum Gasteiger partial charge on any atom is -0.275 e. The Bertz CT molecular complexity index is 1150. The molecule has 4 aromatic rings. The molecule has 4 rings (SSSR count). The second kappa shape index (κ2) is 7.61. The number of para-hydroxylation sites is 1. The standard InChI is InChI=1S/C20H15FN4O2S/c21-16-8-6-15(7-9-16)19-18(14-10-12-22-13-11-14)20(24-23-19)25(28(26)27)17-4-2-1-3-5-17/h1-13,28H,(H,23,24). The summed E-state index contributed by atoms with van der Waals surface area (Å²) in [6.07, 6.45) is 3.23. The van der Waals surface area contributed by atoms with Crippen LogP contribution in [0, 0.1) is 5.82 Å². The number of hydrogen-bond acceptors (Lipinski definition) is 4. The number of halogens is 1. The SMILES string of the molecule is O=[SH](=O)N(c1ccccc1)c1n[nH]c(-c2ccc(F)cc2)c1-c1ccncc1. The first-order valence-corrected chi connectivity index (χ1v) is 9.52. The zero-order valence-corrected chi connectivity index (χ0v) is 15.4. The van der Waals surface area contributed by atoms with Gasteiger partial charge in [-0.2, -0.15) is 5.10 Å². The van der Waals surface area contributed by atoms with Crippen LogP contribution in [0.15, 0.2) is 79.1 Å². The Labute approximate surface area is 162 Å². The topological polar surface area (TPSA) is 79.0 Å². The normalized spacial score (nSPS) is 10.9. The number of anilines is 2. The summed E-state index contributed by atoms with van der Waals surface area (Å²) in [6, 6.07) is 18.1. The second-order valence-electron chi connectivity index (χ2n) is 5.93. The predicted octanol–water partition coefficient (Wildman–Crippen LogP) is 3.94. The molecule has 28 heavy (non-hydrogen) atoms. The summed E-state index contributed by atoms with van der Waals surface area (Å²) in [5, 5.41) is 7.20. The lowest BCUT2D eigenvalue weighted by molar-refractivity contribution is 0.614. The molecular formula is C20H15FN4O2S. The Kier molecular flexibility index (Phi) is 4.86. The van der Waals surface area contributed by atoms with Gasteiger partial charge < -0.3 is 0 Å². The lowest BCUT2D eigenvalue weighted by atomic mass is 10.0. The van der Waals surface area contributed by atoms with E-state index in [1.807, 2.05) is 0 Å². The van der Waals surface area contributed by atoms with E-state index in [-0.39, 0.29) is 11.6 Å². The molecule has 0 radical (unpaired) electrons. The van der Waals surface area contributed by atoms with E-state index in [0.717, 1.165) is 9.87 Å². The van der Waals surface area contributed by atoms with Gasteiger partial charge in [-0.1, -0.05) is 18.2 Å². The molecule has 0 bridgehead atoms. The number of H-pyrrole nitrogens is 1. The molecule has 0 saturated heterocycles. The van der Waals surface area contributed by atoms with E-state index >= 15 is 0 Å². The molecule has 0 aliphatic heterocycles. The van der Waals surface area contributed by atoms with Gasteiger partial charge in [0.05, 0.1) is 16.9 Å². The van der Waals surface area contributed by atoms with Gasteiger partial charge in [-0.25, -0.2) is 17.1 Å². The number of rotatable bonds is 5. The number of aromatic nitrogens is 3. The fourth-order valence-corrected chi connectivity index (χ4v) is 3.59. The fraction of sp³-hybridized carbons (Fsp3) is 0. The monoisotopic (exact) mass is 394 g/mol. The summed E-state index contributed by atoms with van der Waals surface area (Å²) in [5.74, 6) is -0.129. The van der Waals surface area contributed by atoms with E-state index in [1.54, 1.807) is 67.0 Å². The van der Waals surface area contributed by atoms with E-state index in [0.29, 0.717) is 22.5 Å². The van der Waals surface area contributed by atoms with Gasteiger partial charge in [-0.05, 0) is 54.1 Å². The lowest BCUT2D eigenvalue weighted by Gasteiger charge is -2.17. The first kappa shape index (κ1) is 17.9. The highest BCUT2D eigenvalue weighted by atomic mass is 32.2. The van der Waals surface area contributed by atoms with E-state index in [9.17, 15) is 12.8 Å². The first-order valence-electron chi connectivity index (χ1n) is 8.39. The molecule has 0 amide bonds. The van der Waals surface area contributed by atoms with Crippen molar-refractivity contribution in [3.63, 3.8) is 0 Å². The number of aromatic amines is 1. The summed E-state index contributed by atoms with van der Waals surface area (Å²) in [6.45, 7) is 0. The number of thiol groups is 1. The third-order valence-corrected chi connectivity index (χ3v) is 4.96. The lowest BCUT2D eigenvalue weighted by Crippen LogP contribution is -2.15. The van der Waals surface area contributed by atoms with Gasteiger partial charge in [-0.15, -0.1) is 0 Å². The second-order valence-corrected chi connectivity index (χ2v) is 6.80. The Morgan fingerprint density at radius 2 is 1.54 bits per heavy atom. The zero-order valence-electron chi connectivity index (χ0n) is 14.5. The van der Waals surface area contributed by atoms with Crippen LogP contribution in [0.1, 0.15) is 0 Å². The van der Waals surface area contributed by atoms with E-state index in [2.05, 4.69) is 15.2 Å². The van der Waals surface area contributed by atoms with Gasteiger partial charge >= 0.3 is 0 Å². The zero-order chi connectivity index (χ0) is 19.5. The average molecular weight is 394 g/mol. The van der Waals surface area contributed by atoms with Crippen LogP contribution >= 0.6 is 0 Å². The van der Waals surface area contributed by atoms with Gasteiger partial charge in [0.1, 0.15) is 5.82 Å². The summed E-state index contributed by atoms with van der Waals surface area (Å²) >= 11 is 0. The molecule has 1 N–H and O–H groups in total. The summed E-state index contributed by atoms with van der Waals surface area (Å²) < 4.78 is 38.8. The molecule has 0 spiro atoms. The molecule has 2 aromatic heterocycles. The van der Waals surface area contributed by atoms with Gasteiger partial charge in [-0.3, -0.25) is 10.1 Å². The van der Waals surface area contributed by atoms with Crippen LogP contribution in [0.5, 0.6) is 0 Å². The molecule has 0 aliphatic carbocycles. The third kappa shape index (κ3) is 3.37. The minimum atomic E-state index is -3.01. The quantitative estimate of drug-likeness (QED) is 0.503. The smallest absolute Gasteiger partial charge is 0.230 e. The highest BCUT2D eigenvalue weighted by Gasteiger charge is 2.24. The van der Waals surface area contributed by atoms with Crippen LogP contribution in [-0.2, 0) is 10.9 Å². The minimum absolute atomic E-state index is 0.229. The van der Waals surface area contributed by atoms with Crippen LogP contribution in [0.3, 0.4) is 0 Å². The third-order valence-electron chi connectivity index (χ3n) is 4.21. The van der Waals surface area contributed by atoms with Crippen LogP contribution in [0.25, 0.3) is 22.4 Å². The number of nitrogens with zero attached hydrogens (tertiary/aromatic N) is 3.